The summed E-state index contributed by atoms with van der Waals surface area (Å²) in [5.41, 5.74) is 1.83. The van der Waals surface area contributed by atoms with Gasteiger partial charge in [-0.15, -0.1) is 0 Å². The summed E-state index contributed by atoms with van der Waals surface area (Å²) >= 11 is 6.01. The molecule has 1 saturated carbocycles. The highest BCUT2D eigenvalue weighted by atomic mass is 35.5. The molecule has 2 nitrogen and oxygen atoms in total. The zero-order valence-electron chi connectivity index (χ0n) is 7.96. The first-order chi connectivity index (χ1) is 6.79. The number of aliphatic hydroxyl groups excluding tert-OH is 1. The van der Waals surface area contributed by atoms with Crippen LogP contribution in [0, 0.1) is 5.92 Å². The van der Waals surface area contributed by atoms with Crippen LogP contribution < -0.4 is 5.32 Å². The van der Waals surface area contributed by atoms with E-state index < -0.39 is 0 Å². The Kier molecular flexibility index (Phi) is 2.94. The second kappa shape index (κ2) is 4.20. The molecule has 1 aliphatic carbocycles. The molecule has 0 unspecified atom stereocenters. The lowest BCUT2D eigenvalue weighted by Crippen LogP contribution is -2.04. The van der Waals surface area contributed by atoms with Crippen molar-refractivity contribution >= 4 is 17.3 Å². The van der Waals surface area contributed by atoms with Crippen molar-refractivity contribution in [2.24, 2.45) is 5.92 Å². The average molecular weight is 212 g/mol. The Morgan fingerprint density at radius 1 is 1.43 bits per heavy atom. The molecule has 0 aromatic heterocycles. The average Bonchev–Trinajstić information content (AvgIpc) is 3.00. The highest BCUT2D eigenvalue weighted by Crippen LogP contribution is 2.30. The summed E-state index contributed by atoms with van der Waals surface area (Å²) in [5, 5.41) is 13.0. The molecule has 1 fully saturated rings. The number of aliphatic hydroxyl groups is 1. The summed E-state index contributed by atoms with van der Waals surface area (Å²) in [6, 6.07) is 5.57. The minimum atomic E-state index is 0.0648. The molecule has 76 valence electrons. The van der Waals surface area contributed by atoms with E-state index >= 15 is 0 Å². The van der Waals surface area contributed by atoms with E-state index in [2.05, 4.69) is 5.32 Å². The smallest absolute Gasteiger partial charge is 0.0682 e. The monoisotopic (exact) mass is 211 g/mol. The molecular weight excluding hydrogens is 198 g/mol. The Labute approximate surface area is 88.9 Å². The van der Waals surface area contributed by atoms with Gasteiger partial charge in [-0.1, -0.05) is 17.7 Å². The van der Waals surface area contributed by atoms with Crippen molar-refractivity contribution in [2.75, 3.05) is 11.9 Å². The van der Waals surface area contributed by atoms with Crippen LogP contribution in [-0.4, -0.2) is 11.7 Å². The van der Waals surface area contributed by atoms with Gasteiger partial charge < -0.3 is 10.4 Å². The predicted molar refractivity (Wildman–Crippen MR) is 58.6 cm³/mol. The first-order valence-corrected chi connectivity index (χ1v) is 5.30. The van der Waals surface area contributed by atoms with Crippen LogP contribution in [-0.2, 0) is 6.61 Å². The Hall–Kier alpha value is -0.730. The second-order valence-electron chi connectivity index (χ2n) is 3.80. The number of rotatable bonds is 4. The van der Waals surface area contributed by atoms with Crippen LogP contribution >= 0.6 is 11.6 Å². The van der Waals surface area contributed by atoms with E-state index in [1.807, 2.05) is 18.2 Å². The molecule has 0 atom stereocenters. The summed E-state index contributed by atoms with van der Waals surface area (Å²) < 4.78 is 0. The fourth-order valence-corrected chi connectivity index (χ4v) is 1.57. The van der Waals surface area contributed by atoms with Gasteiger partial charge in [-0.25, -0.2) is 0 Å². The fraction of sp³-hybridized carbons (Fsp3) is 0.455. The highest BCUT2D eigenvalue weighted by molar-refractivity contribution is 6.33. The topological polar surface area (TPSA) is 32.3 Å². The van der Waals surface area contributed by atoms with Gasteiger partial charge in [0.25, 0.3) is 0 Å². The number of halogens is 1. The number of hydrogen-bond donors (Lipinski definition) is 2. The minimum absolute atomic E-state index is 0.0648. The lowest BCUT2D eigenvalue weighted by Gasteiger charge is -2.08. The van der Waals surface area contributed by atoms with Crippen LogP contribution in [0.2, 0.25) is 5.02 Å². The Bertz CT molecular complexity index is 323. The van der Waals surface area contributed by atoms with Crippen LogP contribution in [0.3, 0.4) is 0 Å². The molecule has 3 heteroatoms. The highest BCUT2D eigenvalue weighted by Gasteiger charge is 2.20. The summed E-state index contributed by atoms with van der Waals surface area (Å²) in [7, 11) is 0. The molecule has 0 saturated heterocycles. The molecule has 1 aliphatic rings. The summed E-state index contributed by atoms with van der Waals surface area (Å²) in [5.74, 6) is 0.823. The van der Waals surface area contributed by atoms with E-state index in [-0.39, 0.29) is 6.61 Å². The molecule has 0 spiro atoms. The maximum atomic E-state index is 8.97. The van der Waals surface area contributed by atoms with Crippen molar-refractivity contribution in [3.8, 4) is 0 Å². The molecule has 2 N–H and O–H groups in total. The molecule has 2 rings (SSSR count). The van der Waals surface area contributed by atoms with Gasteiger partial charge in [0, 0.05) is 6.54 Å². The van der Waals surface area contributed by atoms with Crippen molar-refractivity contribution in [1.29, 1.82) is 0 Å². The van der Waals surface area contributed by atoms with E-state index in [9.17, 15) is 0 Å². The Morgan fingerprint density at radius 2 is 2.21 bits per heavy atom. The zero-order valence-corrected chi connectivity index (χ0v) is 8.72. The molecule has 1 aromatic carbocycles. The van der Waals surface area contributed by atoms with Crippen LogP contribution in [0.4, 0.5) is 5.69 Å². The zero-order chi connectivity index (χ0) is 9.97. The number of hydrogen-bond acceptors (Lipinski definition) is 2. The molecule has 0 aliphatic heterocycles. The Morgan fingerprint density at radius 3 is 2.86 bits per heavy atom. The third kappa shape index (κ3) is 2.40. The minimum Gasteiger partial charge on any atom is -0.392 e. The lowest BCUT2D eigenvalue weighted by molar-refractivity contribution is 0.282. The first-order valence-electron chi connectivity index (χ1n) is 4.93. The molecule has 0 bridgehead atoms. The molecule has 14 heavy (non-hydrogen) atoms. The molecule has 0 heterocycles. The summed E-state index contributed by atoms with van der Waals surface area (Å²) in [4.78, 5) is 0. The maximum absolute atomic E-state index is 8.97. The quantitative estimate of drug-likeness (QED) is 0.803. The van der Waals surface area contributed by atoms with E-state index in [1.165, 1.54) is 12.8 Å². The normalized spacial score (nSPS) is 15.6. The fourth-order valence-electron chi connectivity index (χ4n) is 1.38. The van der Waals surface area contributed by atoms with Gasteiger partial charge in [-0.3, -0.25) is 0 Å². The SMILES string of the molecule is OCc1ccc(Cl)c(NCC2CC2)c1. The van der Waals surface area contributed by atoms with Crippen LogP contribution in [0.15, 0.2) is 18.2 Å². The van der Waals surface area contributed by atoms with E-state index in [4.69, 9.17) is 16.7 Å². The number of nitrogens with one attached hydrogen (secondary N) is 1. The lowest BCUT2D eigenvalue weighted by atomic mass is 10.2. The van der Waals surface area contributed by atoms with E-state index in [0.717, 1.165) is 28.7 Å². The van der Waals surface area contributed by atoms with E-state index in [0.29, 0.717) is 0 Å². The van der Waals surface area contributed by atoms with Crippen molar-refractivity contribution in [3.63, 3.8) is 0 Å². The maximum Gasteiger partial charge on any atom is 0.0682 e. The summed E-state index contributed by atoms with van der Waals surface area (Å²) in [6.07, 6.45) is 2.65. The molecule has 0 amide bonds. The van der Waals surface area contributed by atoms with Gasteiger partial charge in [-0.2, -0.15) is 0 Å². The predicted octanol–water partition coefficient (Wildman–Crippen LogP) is 2.65. The van der Waals surface area contributed by atoms with Crippen LogP contribution in [0.25, 0.3) is 0 Å². The largest absolute Gasteiger partial charge is 0.392 e. The molecule has 1 aromatic rings. The Balaban J connectivity index is 2.04. The third-order valence-electron chi connectivity index (χ3n) is 2.49. The van der Waals surface area contributed by atoms with Crippen LogP contribution in [0.5, 0.6) is 0 Å². The van der Waals surface area contributed by atoms with Gasteiger partial charge in [0.1, 0.15) is 0 Å². The van der Waals surface area contributed by atoms with Gasteiger partial charge in [-0.05, 0) is 36.5 Å². The number of benzene rings is 1. The van der Waals surface area contributed by atoms with E-state index in [1.54, 1.807) is 0 Å². The number of anilines is 1. The molecular formula is C11H14ClNO. The van der Waals surface area contributed by atoms with Gasteiger partial charge in [0.2, 0.25) is 0 Å². The summed E-state index contributed by atoms with van der Waals surface area (Å²) in [6.45, 7) is 1.06. The van der Waals surface area contributed by atoms with Crippen LogP contribution in [0.1, 0.15) is 18.4 Å². The standard InChI is InChI=1S/C11H14ClNO/c12-10-4-3-9(7-14)5-11(10)13-6-8-1-2-8/h3-5,8,13-14H,1-2,6-7H2. The van der Waals surface area contributed by atoms with Crippen molar-refractivity contribution < 1.29 is 5.11 Å². The molecule has 0 radical (unpaired) electrons. The van der Waals surface area contributed by atoms with Crippen molar-refractivity contribution in [3.05, 3.63) is 28.8 Å². The van der Waals surface area contributed by atoms with Gasteiger partial charge in [0.15, 0.2) is 0 Å². The van der Waals surface area contributed by atoms with Crippen molar-refractivity contribution in [1.82, 2.24) is 0 Å². The van der Waals surface area contributed by atoms with Crippen molar-refractivity contribution in [2.45, 2.75) is 19.4 Å². The second-order valence-corrected chi connectivity index (χ2v) is 4.20. The van der Waals surface area contributed by atoms with Gasteiger partial charge in [0.05, 0.1) is 17.3 Å². The third-order valence-corrected chi connectivity index (χ3v) is 2.82. The first kappa shape index (κ1) is 9.81. The van der Waals surface area contributed by atoms with Gasteiger partial charge >= 0.3 is 0 Å².